The number of rotatable bonds is 5. The average Bonchev–Trinajstić information content (AvgIpc) is 3.46. The number of thioether (sulfide) groups is 1. The van der Waals surface area contributed by atoms with Gasteiger partial charge in [-0.1, -0.05) is 53.7 Å². The highest BCUT2D eigenvalue weighted by Crippen LogP contribution is 2.38. The Hall–Kier alpha value is -3.92. The van der Waals surface area contributed by atoms with Gasteiger partial charge in [0.2, 0.25) is 5.91 Å². The van der Waals surface area contributed by atoms with Crippen molar-refractivity contribution < 1.29 is 22.8 Å². The number of aryl methyl sites for hydroxylation is 1. The number of amidine groups is 1. The van der Waals surface area contributed by atoms with Crippen LogP contribution in [-0.2, 0) is 9.59 Å². The molecule has 2 unspecified atom stereocenters. The third-order valence-corrected chi connectivity index (χ3v) is 7.19. The summed E-state index contributed by atoms with van der Waals surface area (Å²) in [5, 5.41) is 8.43. The second-order valence-electron chi connectivity index (χ2n) is 8.75. The average molecular weight is 523 g/mol. The zero-order valence-electron chi connectivity index (χ0n) is 19.6. The number of benzene rings is 3. The van der Waals surface area contributed by atoms with Crippen LogP contribution in [0.3, 0.4) is 0 Å². The summed E-state index contributed by atoms with van der Waals surface area (Å²) in [6.07, 6.45) is 0.308. The Kier molecular flexibility index (Phi) is 6.84. The number of anilines is 1. The van der Waals surface area contributed by atoms with Crippen molar-refractivity contribution in [1.82, 2.24) is 5.01 Å². The molecule has 37 heavy (non-hydrogen) atoms. The van der Waals surface area contributed by atoms with Crippen molar-refractivity contribution in [3.63, 3.8) is 0 Å². The molecule has 0 aromatic heterocycles. The Balaban J connectivity index is 1.34. The molecule has 10 heteroatoms. The molecule has 1 N–H and O–H groups in total. The first-order valence-corrected chi connectivity index (χ1v) is 12.4. The fourth-order valence-electron chi connectivity index (χ4n) is 4.11. The summed E-state index contributed by atoms with van der Waals surface area (Å²) < 4.78 is 40.2. The lowest BCUT2D eigenvalue weighted by Gasteiger charge is -2.23. The van der Waals surface area contributed by atoms with E-state index in [1.165, 1.54) is 18.2 Å². The lowest BCUT2D eigenvalue weighted by atomic mass is 9.98. The lowest BCUT2D eigenvalue weighted by Crippen LogP contribution is -2.25. The highest BCUT2D eigenvalue weighted by molar-refractivity contribution is 8.15. The van der Waals surface area contributed by atoms with Crippen LogP contribution in [0.2, 0.25) is 0 Å². The van der Waals surface area contributed by atoms with Crippen LogP contribution in [0.5, 0.6) is 0 Å². The van der Waals surface area contributed by atoms with E-state index in [2.05, 4.69) is 10.3 Å². The van der Waals surface area contributed by atoms with E-state index in [1.54, 1.807) is 17.1 Å². The first-order valence-electron chi connectivity index (χ1n) is 11.5. The molecular formula is C27H21F3N4O2S. The minimum Gasteiger partial charge on any atom is -0.326 e. The van der Waals surface area contributed by atoms with Crippen LogP contribution in [0.25, 0.3) is 0 Å². The van der Waals surface area contributed by atoms with Gasteiger partial charge in [-0.05, 0) is 42.3 Å². The van der Waals surface area contributed by atoms with Crippen molar-refractivity contribution in [3.05, 3.63) is 101 Å². The third kappa shape index (κ3) is 5.43. The monoisotopic (exact) mass is 522 g/mol. The van der Waals surface area contributed by atoms with E-state index in [-0.39, 0.29) is 24.0 Å². The number of hydrogen-bond donors (Lipinski definition) is 1. The summed E-state index contributed by atoms with van der Waals surface area (Å²) >= 11 is 1.11. The van der Waals surface area contributed by atoms with Crippen molar-refractivity contribution >= 4 is 40.1 Å². The number of amides is 2. The molecule has 0 spiro atoms. The van der Waals surface area contributed by atoms with Gasteiger partial charge < -0.3 is 5.32 Å². The van der Waals surface area contributed by atoms with Gasteiger partial charge in [0, 0.05) is 24.6 Å². The van der Waals surface area contributed by atoms with Crippen molar-refractivity contribution in [3.8, 4) is 0 Å². The Bertz CT molecular complexity index is 1420. The van der Waals surface area contributed by atoms with Gasteiger partial charge >= 0.3 is 0 Å². The van der Waals surface area contributed by atoms with Crippen LogP contribution in [0, 0.1) is 24.4 Å². The minimum atomic E-state index is -1.09. The van der Waals surface area contributed by atoms with Gasteiger partial charge in [0.05, 0.1) is 11.8 Å². The molecule has 0 bridgehead atoms. The fourth-order valence-corrected chi connectivity index (χ4v) is 5.17. The molecule has 3 aromatic rings. The standard InChI is InChI=1S/C27H21F3N4O2S/c1-15-2-4-16(5-3-15)22-13-23(17-6-8-18(28)9-7-17)34(33-22)27-32-26(36)24(37-27)14-25(35)31-19-10-11-20(29)21(30)12-19/h2-12,23-24H,13-14H2,1H3,(H,31,35). The van der Waals surface area contributed by atoms with E-state index in [9.17, 15) is 22.8 Å². The quantitative estimate of drug-likeness (QED) is 0.474. The van der Waals surface area contributed by atoms with Crippen LogP contribution in [0.15, 0.2) is 76.8 Å². The Morgan fingerprint density at radius 3 is 2.46 bits per heavy atom. The normalized spacial score (nSPS) is 19.1. The van der Waals surface area contributed by atoms with Gasteiger partial charge in [0.25, 0.3) is 5.91 Å². The number of carbonyl (C=O) groups is 2. The van der Waals surface area contributed by atoms with E-state index in [0.29, 0.717) is 11.6 Å². The summed E-state index contributed by atoms with van der Waals surface area (Å²) in [4.78, 5) is 29.4. The summed E-state index contributed by atoms with van der Waals surface area (Å²) in [6.45, 7) is 1.99. The number of carbonyl (C=O) groups excluding carboxylic acids is 2. The summed E-state index contributed by atoms with van der Waals surface area (Å²) in [6, 6.07) is 16.7. The maximum Gasteiger partial charge on any atom is 0.262 e. The molecule has 5 rings (SSSR count). The van der Waals surface area contributed by atoms with Crippen molar-refractivity contribution in [2.24, 2.45) is 10.1 Å². The van der Waals surface area contributed by atoms with Crippen LogP contribution >= 0.6 is 11.8 Å². The number of hydrazone groups is 1. The van der Waals surface area contributed by atoms with E-state index >= 15 is 0 Å². The molecule has 6 nitrogen and oxygen atoms in total. The van der Waals surface area contributed by atoms with Gasteiger partial charge in [-0.2, -0.15) is 10.1 Å². The Labute approximate surface area is 215 Å². The topological polar surface area (TPSA) is 74.1 Å². The van der Waals surface area contributed by atoms with E-state index in [1.807, 2.05) is 31.2 Å². The van der Waals surface area contributed by atoms with Crippen LogP contribution in [-0.4, -0.2) is 33.0 Å². The SMILES string of the molecule is Cc1ccc(C2=NN(C3=NC(=O)C(CC(=O)Nc4ccc(F)c(F)c4)S3)C(c3ccc(F)cc3)C2)cc1. The first-order chi connectivity index (χ1) is 17.8. The molecule has 0 fully saturated rings. The fraction of sp³-hybridized carbons (Fsp3) is 0.185. The van der Waals surface area contributed by atoms with Crippen molar-refractivity contribution in [2.45, 2.75) is 31.1 Å². The van der Waals surface area contributed by atoms with Gasteiger partial charge in [0.1, 0.15) is 11.1 Å². The molecule has 0 saturated heterocycles. The molecule has 2 atom stereocenters. The summed E-state index contributed by atoms with van der Waals surface area (Å²) in [5.41, 5.74) is 3.73. The largest absolute Gasteiger partial charge is 0.326 e. The van der Waals surface area contributed by atoms with Gasteiger partial charge in [0.15, 0.2) is 16.8 Å². The predicted molar refractivity (Wildman–Crippen MR) is 137 cm³/mol. The number of hydrogen-bond acceptors (Lipinski definition) is 5. The molecule has 3 aromatic carbocycles. The third-order valence-electron chi connectivity index (χ3n) is 6.05. The second-order valence-corrected chi connectivity index (χ2v) is 9.92. The predicted octanol–water partition coefficient (Wildman–Crippen LogP) is 5.59. The Morgan fingerprint density at radius 1 is 1.03 bits per heavy atom. The van der Waals surface area contributed by atoms with Crippen LogP contribution < -0.4 is 5.32 Å². The molecule has 188 valence electrons. The van der Waals surface area contributed by atoms with Crippen molar-refractivity contribution in [1.29, 1.82) is 0 Å². The molecule has 2 amide bonds. The zero-order valence-corrected chi connectivity index (χ0v) is 20.4. The molecule has 2 aliphatic heterocycles. The van der Waals surface area contributed by atoms with E-state index in [4.69, 9.17) is 5.10 Å². The summed E-state index contributed by atoms with van der Waals surface area (Å²) in [5.74, 6) is -3.49. The van der Waals surface area contributed by atoms with Gasteiger partial charge in [-0.15, -0.1) is 0 Å². The molecule has 2 heterocycles. The summed E-state index contributed by atoms with van der Waals surface area (Å²) in [7, 11) is 0. The first kappa shape index (κ1) is 24.8. The maximum atomic E-state index is 13.6. The van der Waals surface area contributed by atoms with Crippen molar-refractivity contribution in [2.75, 3.05) is 5.32 Å². The van der Waals surface area contributed by atoms with Gasteiger partial charge in [-0.25, -0.2) is 18.2 Å². The molecule has 0 radical (unpaired) electrons. The van der Waals surface area contributed by atoms with E-state index in [0.717, 1.165) is 46.3 Å². The van der Waals surface area contributed by atoms with Gasteiger partial charge in [-0.3, -0.25) is 9.59 Å². The highest BCUT2D eigenvalue weighted by atomic mass is 32.2. The zero-order chi connectivity index (χ0) is 26.1. The molecular weight excluding hydrogens is 501 g/mol. The maximum absolute atomic E-state index is 13.6. The molecule has 0 saturated carbocycles. The number of nitrogens with one attached hydrogen (secondary N) is 1. The second kappa shape index (κ2) is 10.2. The number of nitrogens with zero attached hydrogens (tertiary/aromatic N) is 3. The smallest absolute Gasteiger partial charge is 0.262 e. The van der Waals surface area contributed by atoms with Crippen LogP contribution in [0.4, 0.5) is 18.9 Å². The molecule has 0 aliphatic carbocycles. The van der Waals surface area contributed by atoms with E-state index < -0.39 is 28.7 Å². The minimum absolute atomic E-state index is 0.0868. The lowest BCUT2D eigenvalue weighted by molar-refractivity contribution is -0.121. The highest BCUT2D eigenvalue weighted by Gasteiger charge is 2.39. The Morgan fingerprint density at radius 2 is 1.76 bits per heavy atom. The van der Waals surface area contributed by atoms with Crippen LogP contribution in [0.1, 0.15) is 35.6 Å². The molecule has 2 aliphatic rings. The number of halogens is 3. The number of aliphatic imine (C=N–C) groups is 1.